The van der Waals surface area contributed by atoms with E-state index in [2.05, 4.69) is 0 Å². The summed E-state index contributed by atoms with van der Waals surface area (Å²) in [5, 5.41) is 0. The quantitative estimate of drug-likeness (QED) is 0.697. The number of anilines is 1. The summed E-state index contributed by atoms with van der Waals surface area (Å²) >= 11 is 0. The van der Waals surface area contributed by atoms with Crippen LogP contribution in [-0.2, 0) is 20.5 Å². The second-order valence-electron chi connectivity index (χ2n) is 7.08. The summed E-state index contributed by atoms with van der Waals surface area (Å²) in [6.45, 7) is -0.0983. The van der Waals surface area contributed by atoms with Crippen molar-refractivity contribution >= 4 is 17.6 Å². The fraction of sp³-hybridized carbons (Fsp3) is 0.238. The fourth-order valence-electron chi connectivity index (χ4n) is 3.99. The number of amides is 1. The number of halogens is 3. The lowest BCUT2D eigenvalue weighted by molar-refractivity contribution is -0.138. The number of esters is 1. The van der Waals surface area contributed by atoms with Gasteiger partial charge in [-0.3, -0.25) is 9.69 Å². The van der Waals surface area contributed by atoms with Gasteiger partial charge in [0.25, 0.3) is 0 Å². The highest BCUT2D eigenvalue weighted by atomic mass is 19.4. The number of nitrogens with zero attached hydrogens (tertiary/aromatic N) is 1. The minimum absolute atomic E-state index is 0.0461. The van der Waals surface area contributed by atoms with Crippen molar-refractivity contribution in [2.24, 2.45) is 0 Å². The van der Waals surface area contributed by atoms with Crippen LogP contribution in [0.4, 0.5) is 18.9 Å². The summed E-state index contributed by atoms with van der Waals surface area (Å²) < 4.78 is 55.2. The van der Waals surface area contributed by atoms with Crippen molar-refractivity contribution in [1.82, 2.24) is 0 Å². The number of ether oxygens (including phenoxy) is 3. The largest absolute Gasteiger partial charge is 0.456 e. The Morgan fingerprint density at radius 1 is 0.967 bits per heavy atom. The molecule has 30 heavy (non-hydrogen) atoms. The Hall–Kier alpha value is -3.49. The molecule has 0 bridgehead atoms. The monoisotopic (exact) mass is 417 g/mol. The van der Waals surface area contributed by atoms with Gasteiger partial charge in [0.2, 0.25) is 12.7 Å². The number of benzene rings is 2. The van der Waals surface area contributed by atoms with E-state index in [0.717, 1.165) is 17.0 Å². The van der Waals surface area contributed by atoms with Crippen LogP contribution in [0.2, 0.25) is 0 Å². The molecule has 0 aromatic heterocycles. The number of hydrogen-bond acceptors (Lipinski definition) is 5. The first kappa shape index (κ1) is 18.5. The minimum atomic E-state index is -4.55. The van der Waals surface area contributed by atoms with E-state index in [1.54, 1.807) is 18.2 Å². The maximum absolute atomic E-state index is 13.1. The van der Waals surface area contributed by atoms with E-state index >= 15 is 0 Å². The first-order chi connectivity index (χ1) is 14.3. The lowest BCUT2D eigenvalue weighted by Crippen LogP contribution is -2.37. The van der Waals surface area contributed by atoms with Crippen LogP contribution in [0.25, 0.3) is 0 Å². The van der Waals surface area contributed by atoms with Gasteiger partial charge < -0.3 is 14.2 Å². The Kier molecular flexibility index (Phi) is 4.02. The third kappa shape index (κ3) is 2.89. The van der Waals surface area contributed by atoms with Gasteiger partial charge in [0, 0.05) is 18.0 Å². The molecule has 6 nitrogen and oxygen atoms in total. The zero-order valence-corrected chi connectivity index (χ0v) is 15.4. The topological polar surface area (TPSA) is 65.1 Å². The molecule has 154 valence electrons. The highest BCUT2D eigenvalue weighted by Gasteiger charge is 2.43. The second-order valence-corrected chi connectivity index (χ2v) is 7.08. The van der Waals surface area contributed by atoms with E-state index < -0.39 is 29.5 Å². The van der Waals surface area contributed by atoms with Crippen LogP contribution in [0.3, 0.4) is 0 Å². The maximum atomic E-state index is 13.1. The molecular weight excluding hydrogens is 403 g/mol. The van der Waals surface area contributed by atoms with Crippen molar-refractivity contribution in [3.05, 3.63) is 64.9 Å². The van der Waals surface area contributed by atoms with Gasteiger partial charge in [-0.25, -0.2) is 4.79 Å². The number of hydrogen-bond donors (Lipinski definition) is 0. The van der Waals surface area contributed by atoms with Gasteiger partial charge in [0.05, 0.1) is 16.8 Å². The molecule has 3 aliphatic rings. The summed E-state index contributed by atoms with van der Waals surface area (Å²) in [5.74, 6) is -0.520. The van der Waals surface area contributed by atoms with Crippen LogP contribution in [0.5, 0.6) is 11.5 Å². The number of cyclic esters (lactones) is 1. The first-order valence-corrected chi connectivity index (χ1v) is 9.13. The molecule has 1 amide bonds. The summed E-state index contributed by atoms with van der Waals surface area (Å²) in [6.07, 6.45) is -4.65. The highest BCUT2D eigenvalue weighted by Crippen LogP contribution is 2.45. The van der Waals surface area contributed by atoms with Gasteiger partial charge in [-0.15, -0.1) is 0 Å². The van der Waals surface area contributed by atoms with Gasteiger partial charge in [-0.2, -0.15) is 13.2 Å². The van der Waals surface area contributed by atoms with Crippen LogP contribution in [0.1, 0.15) is 23.5 Å². The van der Waals surface area contributed by atoms with Crippen LogP contribution >= 0.6 is 0 Å². The van der Waals surface area contributed by atoms with Crippen molar-refractivity contribution in [1.29, 1.82) is 0 Å². The van der Waals surface area contributed by atoms with Gasteiger partial charge >= 0.3 is 12.1 Å². The first-order valence-electron chi connectivity index (χ1n) is 9.13. The Bertz CT molecular complexity index is 1110. The zero-order chi connectivity index (χ0) is 21.0. The van der Waals surface area contributed by atoms with Gasteiger partial charge in [0.1, 0.15) is 6.61 Å². The Morgan fingerprint density at radius 3 is 2.57 bits per heavy atom. The number of carbonyl (C=O) groups excluding carboxylic acids is 2. The number of alkyl halides is 3. The Labute approximate surface area is 168 Å². The molecule has 0 saturated heterocycles. The van der Waals surface area contributed by atoms with Crippen molar-refractivity contribution in [2.45, 2.75) is 18.5 Å². The molecule has 3 heterocycles. The van der Waals surface area contributed by atoms with Crippen molar-refractivity contribution in [3.8, 4) is 11.5 Å². The predicted molar refractivity (Wildman–Crippen MR) is 96.8 cm³/mol. The molecule has 0 saturated carbocycles. The van der Waals surface area contributed by atoms with E-state index in [1.807, 2.05) is 0 Å². The van der Waals surface area contributed by atoms with Gasteiger partial charge in [0.15, 0.2) is 11.5 Å². The molecule has 0 N–H and O–H groups in total. The molecule has 0 fully saturated rings. The summed E-state index contributed by atoms with van der Waals surface area (Å²) in [5.41, 5.74) is 0.370. The minimum Gasteiger partial charge on any atom is -0.456 e. The molecule has 3 aliphatic heterocycles. The molecule has 0 spiro atoms. The van der Waals surface area contributed by atoms with Crippen LogP contribution in [0, 0.1) is 0 Å². The van der Waals surface area contributed by atoms with Crippen LogP contribution < -0.4 is 14.4 Å². The van der Waals surface area contributed by atoms with Gasteiger partial charge in [-0.05, 0) is 35.9 Å². The molecule has 1 unspecified atom stereocenters. The number of rotatable bonds is 2. The molecule has 1 atom stereocenters. The predicted octanol–water partition coefficient (Wildman–Crippen LogP) is 3.77. The van der Waals surface area contributed by atoms with Crippen molar-refractivity contribution in [3.63, 3.8) is 0 Å². The van der Waals surface area contributed by atoms with Crippen LogP contribution in [-0.4, -0.2) is 25.3 Å². The lowest BCUT2D eigenvalue weighted by Gasteiger charge is -2.32. The number of fused-ring (bicyclic) bond motifs is 1. The Balaban J connectivity index is 1.59. The summed E-state index contributed by atoms with van der Waals surface area (Å²) in [4.78, 5) is 26.6. The molecule has 0 aliphatic carbocycles. The standard InChI is InChI=1S/C21H14F3NO5/c22-21(23,24)12-2-1-3-13(7-12)25-15-9-28-20(27)19(15)14(8-18(25)26)11-4-5-16-17(6-11)30-10-29-16/h1-7,14H,8-10H2. The Morgan fingerprint density at radius 2 is 1.77 bits per heavy atom. The van der Waals surface area contributed by atoms with E-state index in [4.69, 9.17) is 14.2 Å². The van der Waals surface area contributed by atoms with Crippen LogP contribution in [0.15, 0.2) is 53.7 Å². The molecule has 2 aromatic carbocycles. The summed E-state index contributed by atoms with van der Waals surface area (Å²) in [7, 11) is 0. The molecular formula is C21H14F3NO5. The van der Waals surface area contributed by atoms with Crippen molar-refractivity contribution < 1.29 is 37.0 Å². The third-order valence-corrected chi connectivity index (χ3v) is 5.35. The van der Waals surface area contributed by atoms with E-state index in [-0.39, 0.29) is 36.8 Å². The average Bonchev–Trinajstić information content (AvgIpc) is 3.33. The van der Waals surface area contributed by atoms with E-state index in [9.17, 15) is 22.8 Å². The van der Waals surface area contributed by atoms with Gasteiger partial charge in [-0.1, -0.05) is 12.1 Å². The summed E-state index contributed by atoms with van der Waals surface area (Å²) in [6, 6.07) is 9.60. The van der Waals surface area contributed by atoms with E-state index in [1.165, 1.54) is 12.1 Å². The molecule has 9 heteroatoms. The molecule has 0 radical (unpaired) electrons. The van der Waals surface area contributed by atoms with Crippen molar-refractivity contribution in [2.75, 3.05) is 18.3 Å². The van der Waals surface area contributed by atoms with E-state index in [0.29, 0.717) is 17.1 Å². The number of carbonyl (C=O) groups is 2. The fourth-order valence-corrected chi connectivity index (χ4v) is 3.99. The smallest absolute Gasteiger partial charge is 0.416 e. The molecule has 2 aromatic rings. The average molecular weight is 417 g/mol. The third-order valence-electron chi connectivity index (χ3n) is 5.35. The zero-order valence-electron chi connectivity index (χ0n) is 15.4. The SMILES string of the molecule is O=C1OCC2=C1C(c1ccc3c(c1)OCO3)CC(=O)N2c1cccc(C(F)(F)F)c1. The maximum Gasteiger partial charge on any atom is 0.416 e. The highest BCUT2D eigenvalue weighted by molar-refractivity contribution is 6.06. The second kappa shape index (κ2) is 6.51. The lowest BCUT2D eigenvalue weighted by atomic mass is 9.84. The normalized spacial score (nSPS) is 20.5. The molecule has 5 rings (SSSR count).